The first-order chi connectivity index (χ1) is 14.0. The van der Waals surface area contributed by atoms with Crippen LogP contribution in [0.4, 0.5) is 11.5 Å². The highest BCUT2D eigenvalue weighted by atomic mass is 16.6. The van der Waals surface area contributed by atoms with Crippen LogP contribution in [0.5, 0.6) is 0 Å². The first-order valence-electron chi connectivity index (χ1n) is 8.80. The van der Waals surface area contributed by atoms with Crippen LogP contribution in [0, 0.1) is 10.1 Å². The number of benzene rings is 1. The summed E-state index contributed by atoms with van der Waals surface area (Å²) in [6.45, 7) is 3.87. The molecule has 0 saturated heterocycles. The van der Waals surface area contributed by atoms with Gasteiger partial charge in [-0.3, -0.25) is 19.6 Å². The number of carbonyl (C=O) groups excluding carboxylic acids is 2. The fourth-order valence-electron chi connectivity index (χ4n) is 2.63. The van der Waals surface area contributed by atoms with E-state index in [4.69, 9.17) is 4.74 Å². The highest BCUT2D eigenvalue weighted by Gasteiger charge is 2.28. The number of esters is 1. The van der Waals surface area contributed by atoms with Crippen molar-refractivity contribution in [1.82, 2.24) is 19.6 Å². The van der Waals surface area contributed by atoms with Crippen molar-refractivity contribution in [3.05, 3.63) is 64.1 Å². The number of nitro groups is 1. The van der Waals surface area contributed by atoms with Gasteiger partial charge in [0.25, 0.3) is 5.91 Å². The zero-order valence-electron chi connectivity index (χ0n) is 15.7. The van der Waals surface area contributed by atoms with E-state index in [1.807, 2.05) is 0 Å². The van der Waals surface area contributed by atoms with Gasteiger partial charge in [-0.2, -0.15) is 10.2 Å². The summed E-state index contributed by atoms with van der Waals surface area (Å²) in [6, 6.07) is 8.79. The van der Waals surface area contributed by atoms with E-state index < -0.39 is 22.5 Å². The Morgan fingerprint density at radius 3 is 2.59 bits per heavy atom. The lowest BCUT2D eigenvalue weighted by Crippen LogP contribution is -2.19. The van der Waals surface area contributed by atoms with Crippen LogP contribution in [-0.2, 0) is 11.3 Å². The third-order valence-corrected chi connectivity index (χ3v) is 3.98. The quantitative estimate of drug-likeness (QED) is 0.367. The van der Waals surface area contributed by atoms with Gasteiger partial charge in [0.1, 0.15) is 11.8 Å². The van der Waals surface area contributed by atoms with Gasteiger partial charge < -0.3 is 10.1 Å². The number of hydrogen-bond acceptors (Lipinski definition) is 7. The Kier molecular flexibility index (Phi) is 5.67. The second-order valence-corrected chi connectivity index (χ2v) is 5.80. The van der Waals surface area contributed by atoms with E-state index in [9.17, 15) is 19.7 Å². The Balaban J connectivity index is 2.04. The molecule has 1 amide bonds. The summed E-state index contributed by atoms with van der Waals surface area (Å²) < 4.78 is 7.64. The molecule has 3 aromatic rings. The van der Waals surface area contributed by atoms with E-state index in [0.717, 1.165) is 0 Å². The first-order valence-corrected chi connectivity index (χ1v) is 8.80. The zero-order chi connectivity index (χ0) is 21.0. The van der Waals surface area contributed by atoms with Crippen molar-refractivity contribution in [2.24, 2.45) is 0 Å². The van der Waals surface area contributed by atoms with E-state index in [0.29, 0.717) is 12.2 Å². The molecule has 0 unspecified atom stereocenters. The third-order valence-electron chi connectivity index (χ3n) is 3.98. The largest absolute Gasteiger partial charge is 0.462 e. The fourth-order valence-corrected chi connectivity index (χ4v) is 2.63. The van der Waals surface area contributed by atoms with Gasteiger partial charge >= 0.3 is 11.7 Å². The van der Waals surface area contributed by atoms with Crippen LogP contribution in [0.1, 0.15) is 34.7 Å². The minimum Gasteiger partial charge on any atom is -0.462 e. The van der Waals surface area contributed by atoms with Crippen LogP contribution in [0.15, 0.2) is 42.7 Å². The Morgan fingerprint density at radius 2 is 1.97 bits per heavy atom. The molecule has 0 bridgehead atoms. The standard InChI is InChI=1S/C18H18N6O5/c1-3-22-11-14(24(27)28)15(21-22)17(25)20-16-13(18(26)29-4-2)10-19-23(16)12-8-6-5-7-9-12/h5-11H,3-4H2,1-2H3,(H,20,25). The maximum Gasteiger partial charge on any atom is 0.343 e. The molecule has 1 aromatic carbocycles. The molecule has 0 atom stereocenters. The number of hydrogen-bond donors (Lipinski definition) is 1. The predicted octanol–water partition coefficient (Wildman–Crippen LogP) is 2.43. The van der Waals surface area contributed by atoms with Crippen molar-refractivity contribution in [1.29, 1.82) is 0 Å². The zero-order valence-corrected chi connectivity index (χ0v) is 15.7. The Bertz CT molecular complexity index is 1060. The van der Waals surface area contributed by atoms with Gasteiger partial charge in [-0.05, 0) is 26.0 Å². The molecule has 0 aliphatic rings. The third kappa shape index (κ3) is 3.98. The summed E-state index contributed by atoms with van der Waals surface area (Å²) in [6.07, 6.45) is 2.44. The SMILES string of the molecule is CCOC(=O)c1cnn(-c2ccccc2)c1NC(=O)c1nn(CC)cc1[N+](=O)[O-]. The van der Waals surface area contributed by atoms with E-state index in [1.165, 1.54) is 21.8 Å². The average Bonchev–Trinajstić information content (AvgIpc) is 3.33. The van der Waals surface area contributed by atoms with Crippen molar-refractivity contribution in [3.63, 3.8) is 0 Å². The van der Waals surface area contributed by atoms with E-state index in [2.05, 4.69) is 15.5 Å². The minimum atomic E-state index is -0.841. The van der Waals surface area contributed by atoms with E-state index >= 15 is 0 Å². The van der Waals surface area contributed by atoms with Crippen LogP contribution in [0.2, 0.25) is 0 Å². The average molecular weight is 398 g/mol. The molecule has 0 saturated carbocycles. The number of rotatable bonds is 7. The van der Waals surface area contributed by atoms with Gasteiger partial charge in [-0.1, -0.05) is 18.2 Å². The normalized spacial score (nSPS) is 10.6. The molecular formula is C18H18N6O5. The number of nitrogens with one attached hydrogen (secondary N) is 1. The van der Waals surface area contributed by atoms with Gasteiger partial charge in [0.2, 0.25) is 5.69 Å². The lowest BCUT2D eigenvalue weighted by atomic mass is 10.3. The van der Waals surface area contributed by atoms with Gasteiger partial charge in [0, 0.05) is 6.54 Å². The summed E-state index contributed by atoms with van der Waals surface area (Å²) in [5.41, 5.74) is -0.214. The number of anilines is 1. The van der Waals surface area contributed by atoms with Crippen molar-refractivity contribution in [2.45, 2.75) is 20.4 Å². The Labute approximate surface area is 165 Å². The summed E-state index contributed by atoms with van der Waals surface area (Å²) >= 11 is 0. The fraction of sp³-hybridized carbons (Fsp3) is 0.222. The minimum absolute atomic E-state index is 0.0154. The van der Waals surface area contributed by atoms with E-state index in [1.54, 1.807) is 44.2 Å². The lowest BCUT2D eigenvalue weighted by Gasteiger charge is -2.10. The molecule has 0 spiro atoms. The van der Waals surface area contributed by atoms with Crippen LogP contribution >= 0.6 is 0 Å². The summed E-state index contributed by atoms with van der Waals surface area (Å²) in [4.78, 5) is 35.7. The van der Waals surface area contributed by atoms with Crippen LogP contribution in [0.3, 0.4) is 0 Å². The molecule has 2 heterocycles. The van der Waals surface area contributed by atoms with Gasteiger partial charge in [0.15, 0.2) is 5.82 Å². The molecule has 0 fully saturated rings. The number of aromatic nitrogens is 4. The molecule has 150 valence electrons. The maximum atomic E-state index is 12.8. The predicted molar refractivity (Wildman–Crippen MR) is 102 cm³/mol. The van der Waals surface area contributed by atoms with Crippen molar-refractivity contribution >= 4 is 23.4 Å². The molecule has 0 radical (unpaired) electrons. The van der Waals surface area contributed by atoms with E-state index in [-0.39, 0.29) is 23.7 Å². The molecule has 11 heteroatoms. The number of ether oxygens (including phenoxy) is 1. The monoisotopic (exact) mass is 398 g/mol. The number of carbonyl (C=O) groups is 2. The lowest BCUT2D eigenvalue weighted by molar-refractivity contribution is -0.385. The molecule has 11 nitrogen and oxygen atoms in total. The van der Waals surface area contributed by atoms with Crippen LogP contribution < -0.4 is 5.32 Å². The number of para-hydroxylation sites is 1. The molecule has 2 aromatic heterocycles. The molecular weight excluding hydrogens is 380 g/mol. The number of nitrogens with zero attached hydrogens (tertiary/aromatic N) is 5. The van der Waals surface area contributed by atoms with Gasteiger partial charge in [-0.15, -0.1) is 0 Å². The summed E-state index contributed by atoms with van der Waals surface area (Å²) in [5.74, 6) is -1.49. The molecule has 0 aliphatic heterocycles. The van der Waals surface area contributed by atoms with Crippen LogP contribution in [0.25, 0.3) is 5.69 Å². The molecule has 0 aliphatic carbocycles. The summed E-state index contributed by atoms with van der Waals surface area (Å²) in [7, 11) is 0. The topological polar surface area (TPSA) is 134 Å². The Hall–Kier alpha value is -4.02. The molecule has 1 N–H and O–H groups in total. The second kappa shape index (κ2) is 8.33. The second-order valence-electron chi connectivity index (χ2n) is 5.80. The Morgan fingerprint density at radius 1 is 1.24 bits per heavy atom. The van der Waals surface area contributed by atoms with Crippen molar-refractivity contribution in [3.8, 4) is 5.69 Å². The molecule has 29 heavy (non-hydrogen) atoms. The number of amides is 1. The van der Waals surface area contributed by atoms with Gasteiger partial charge in [-0.25, -0.2) is 9.48 Å². The summed E-state index contributed by atoms with van der Waals surface area (Å²) in [5, 5.41) is 21.9. The van der Waals surface area contributed by atoms with Crippen molar-refractivity contribution < 1.29 is 19.2 Å². The highest BCUT2D eigenvalue weighted by Crippen LogP contribution is 2.24. The van der Waals surface area contributed by atoms with Crippen LogP contribution in [-0.4, -0.2) is 43.0 Å². The first kappa shape index (κ1) is 19.7. The number of aryl methyl sites for hydroxylation is 1. The van der Waals surface area contributed by atoms with Gasteiger partial charge in [0.05, 0.1) is 23.4 Å². The maximum absolute atomic E-state index is 12.8. The smallest absolute Gasteiger partial charge is 0.343 e. The van der Waals surface area contributed by atoms with Crippen molar-refractivity contribution in [2.75, 3.05) is 11.9 Å². The highest BCUT2D eigenvalue weighted by molar-refractivity contribution is 6.08. The molecule has 3 rings (SSSR count).